The van der Waals surface area contributed by atoms with E-state index in [1.807, 2.05) is 0 Å². The van der Waals surface area contributed by atoms with Crippen molar-refractivity contribution in [3.63, 3.8) is 0 Å². The van der Waals surface area contributed by atoms with Crippen LogP contribution in [0.5, 0.6) is 0 Å². The summed E-state index contributed by atoms with van der Waals surface area (Å²) in [6.07, 6.45) is 3.83. The van der Waals surface area contributed by atoms with Crippen molar-refractivity contribution in [1.82, 2.24) is 0 Å². The van der Waals surface area contributed by atoms with Crippen LogP contribution in [-0.2, 0) is 4.74 Å². The first-order valence-corrected chi connectivity index (χ1v) is 6.22. The zero-order valence-electron chi connectivity index (χ0n) is 10.6. The van der Waals surface area contributed by atoms with Gasteiger partial charge in [0.25, 0.3) is 0 Å². The summed E-state index contributed by atoms with van der Waals surface area (Å²) in [4.78, 5) is 0. The lowest BCUT2D eigenvalue weighted by Crippen LogP contribution is -2.19. The predicted molar refractivity (Wildman–Crippen MR) is 65.8 cm³/mol. The molecule has 0 radical (unpaired) electrons. The van der Waals surface area contributed by atoms with Gasteiger partial charge in [0.05, 0.1) is 6.42 Å². The van der Waals surface area contributed by atoms with E-state index in [0.29, 0.717) is 12.3 Å². The average molecular weight is 260 g/mol. The van der Waals surface area contributed by atoms with Crippen LogP contribution in [0.25, 0.3) is 0 Å². The van der Waals surface area contributed by atoms with Gasteiger partial charge in [-0.2, -0.15) is 8.78 Å². The zero-order valence-corrected chi connectivity index (χ0v) is 10.6. The maximum atomic E-state index is 13.3. The van der Waals surface area contributed by atoms with Gasteiger partial charge in [-0.3, -0.25) is 0 Å². The second-order valence-electron chi connectivity index (χ2n) is 4.56. The third-order valence-electron chi connectivity index (χ3n) is 2.56. The number of rotatable bonds is 8. The Balaban J connectivity index is 2.59. The van der Waals surface area contributed by atoms with Crippen LogP contribution in [0.15, 0.2) is 36.4 Å². The Hall–Kier alpha value is -1.19. The Kier molecular flexibility index (Phi) is 5.51. The molecule has 0 spiro atoms. The summed E-state index contributed by atoms with van der Waals surface area (Å²) < 4.78 is 43.8. The van der Waals surface area contributed by atoms with Gasteiger partial charge < -0.3 is 4.74 Å². The summed E-state index contributed by atoms with van der Waals surface area (Å²) in [7, 11) is 0. The molecule has 1 fully saturated rings. The quantitative estimate of drug-likeness (QED) is 0.435. The van der Waals surface area contributed by atoms with Gasteiger partial charge in [-0.1, -0.05) is 19.6 Å². The Morgan fingerprint density at radius 2 is 2.11 bits per heavy atom. The van der Waals surface area contributed by atoms with Gasteiger partial charge in [-0.25, -0.2) is 4.39 Å². The van der Waals surface area contributed by atoms with E-state index in [4.69, 9.17) is 0 Å². The van der Waals surface area contributed by atoms with Crippen molar-refractivity contribution < 1.29 is 17.9 Å². The van der Waals surface area contributed by atoms with Gasteiger partial charge in [0.15, 0.2) is 0 Å². The van der Waals surface area contributed by atoms with E-state index >= 15 is 0 Å². The van der Waals surface area contributed by atoms with Gasteiger partial charge in [0.1, 0.15) is 11.6 Å². The maximum Gasteiger partial charge on any atom is 0.397 e. The summed E-state index contributed by atoms with van der Waals surface area (Å²) in [5, 5.41) is 0. The summed E-state index contributed by atoms with van der Waals surface area (Å²) in [6.45, 7) is 4.66. The molecule has 0 saturated heterocycles. The van der Waals surface area contributed by atoms with Crippen LogP contribution in [0.3, 0.4) is 0 Å². The molecule has 0 heterocycles. The van der Waals surface area contributed by atoms with E-state index in [0.717, 1.165) is 12.5 Å². The molecule has 18 heavy (non-hydrogen) atoms. The Morgan fingerprint density at radius 1 is 1.44 bits per heavy atom. The molecular weight excluding hydrogens is 241 g/mol. The lowest BCUT2D eigenvalue weighted by Gasteiger charge is -2.17. The number of hydrogen-bond donors (Lipinski definition) is 0. The molecule has 0 aliphatic heterocycles. The number of hydrogen-bond acceptors (Lipinski definition) is 1. The first-order chi connectivity index (χ1) is 8.43. The summed E-state index contributed by atoms with van der Waals surface area (Å²) in [5.74, 6) is -0.331. The fourth-order valence-electron chi connectivity index (χ4n) is 1.51. The molecule has 1 nitrogen and oxygen atoms in total. The molecule has 1 aliphatic rings. The van der Waals surface area contributed by atoms with Crippen molar-refractivity contribution in [2.45, 2.75) is 45.1 Å². The zero-order chi connectivity index (χ0) is 13.6. The smallest absolute Gasteiger partial charge is 0.397 e. The van der Waals surface area contributed by atoms with Crippen molar-refractivity contribution in [2.75, 3.05) is 0 Å². The van der Waals surface area contributed by atoms with Gasteiger partial charge in [-0.15, -0.1) is 0 Å². The van der Waals surface area contributed by atoms with Crippen LogP contribution in [0, 0.1) is 5.92 Å². The monoisotopic (exact) mass is 260 g/mol. The highest BCUT2D eigenvalue weighted by Gasteiger charge is 2.30. The molecule has 1 saturated carbocycles. The number of allylic oxidation sites excluding steroid dienone is 4. The van der Waals surface area contributed by atoms with Crippen molar-refractivity contribution in [1.29, 1.82) is 0 Å². The Bertz CT molecular complexity index is 341. The van der Waals surface area contributed by atoms with Crippen LogP contribution in [-0.4, -0.2) is 6.11 Å². The molecule has 0 aromatic carbocycles. The average Bonchev–Trinajstić information content (AvgIpc) is 2.99. The SMILES string of the molecule is C=C(F)/C=C(\C=C/CC1CC1)OC(F)(F)CCC. The van der Waals surface area contributed by atoms with Crippen LogP contribution >= 0.6 is 0 Å². The highest BCUT2D eigenvalue weighted by Crippen LogP contribution is 2.33. The fraction of sp³-hybridized carbons (Fsp3) is 0.571. The first-order valence-electron chi connectivity index (χ1n) is 6.22. The van der Waals surface area contributed by atoms with E-state index < -0.39 is 11.9 Å². The molecule has 1 rings (SSSR count). The van der Waals surface area contributed by atoms with Crippen LogP contribution < -0.4 is 0 Å². The number of alkyl halides is 2. The molecule has 0 aromatic heterocycles. The van der Waals surface area contributed by atoms with Crippen LogP contribution in [0.1, 0.15) is 39.0 Å². The van der Waals surface area contributed by atoms with Gasteiger partial charge >= 0.3 is 6.11 Å². The van der Waals surface area contributed by atoms with E-state index in [1.54, 1.807) is 13.0 Å². The third-order valence-corrected chi connectivity index (χ3v) is 2.56. The van der Waals surface area contributed by atoms with E-state index in [1.165, 1.54) is 18.9 Å². The molecular formula is C14H19F3O. The second-order valence-corrected chi connectivity index (χ2v) is 4.56. The molecule has 102 valence electrons. The summed E-state index contributed by atoms with van der Waals surface area (Å²) in [5.41, 5.74) is 0. The highest BCUT2D eigenvalue weighted by molar-refractivity contribution is 5.21. The van der Waals surface area contributed by atoms with Crippen molar-refractivity contribution in [3.8, 4) is 0 Å². The topological polar surface area (TPSA) is 9.23 Å². The lowest BCUT2D eigenvalue weighted by atomic mass is 10.2. The minimum Gasteiger partial charge on any atom is -0.432 e. The second kappa shape index (κ2) is 6.66. The minimum absolute atomic E-state index is 0.179. The number of halogens is 3. The molecule has 0 bridgehead atoms. The molecule has 0 aromatic rings. The molecule has 0 amide bonds. The molecule has 0 atom stereocenters. The first kappa shape index (κ1) is 14.9. The Morgan fingerprint density at radius 3 is 2.61 bits per heavy atom. The molecule has 4 heteroatoms. The van der Waals surface area contributed by atoms with Gasteiger partial charge in [0, 0.05) is 6.08 Å². The number of ether oxygens (including phenoxy) is 1. The highest BCUT2D eigenvalue weighted by atomic mass is 19.3. The van der Waals surface area contributed by atoms with E-state index in [9.17, 15) is 13.2 Å². The molecule has 0 N–H and O–H groups in total. The van der Waals surface area contributed by atoms with E-state index in [2.05, 4.69) is 11.3 Å². The fourth-order valence-corrected chi connectivity index (χ4v) is 1.51. The van der Waals surface area contributed by atoms with Gasteiger partial charge in [0.2, 0.25) is 0 Å². The summed E-state index contributed by atoms with van der Waals surface area (Å²) >= 11 is 0. The minimum atomic E-state index is -3.26. The summed E-state index contributed by atoms with van der Waals surface area (Å²) in [6, 6.07) is 0. The standard InChI is InChI=1S/C14H19F3O/c1-3-9-14(16,17)18-13(10-11(2)15)6-4-5-12-7-8-12/h4,6,10,12H,2-3,5,7-9H2,1H3/b6-4-,13-10+. The van der Waals surface area contributed by atoms with Crippen molar-refractivity contribution >= 4 is 0 Å². The van der Waals surface area contributed by atoms with Crippen LogP contribution in [0.2, 0.25) is 0 Å². The molecule has 1 aliphatic carbocycles. The maximum absolute atomic E-state index is 13.3. The van der Waals surface area contributed by atoms with Gasteiger partial charge in [-0.05, 0) is 37.7 Å². The van der Waals surface area contributed by atoms with E-state index in [-0.39, 0.29) is 12.2 Å². The van der Waals surface area contributed by atoms with Crippen LogP contribution in [0.4, 0.5) is 13.2 Å². The predicted octanol–water partition coefficient (Wildman–Crippen LogP) is 5.12. The third kappa shape index (κ3) is 6.52. The molecule has 0 unspecified atom stereocenters. The Labute approximate surface area is 106 Å². The normalized spacial score (nSPS) is 17.2. The lowest BCUT2D eigenvalue weighted by molar-refractivity contribution is -0.215. The van der Waals surface area contributed by atoms with Crippen molar-refractivity contribution in [2.24, 2.45) is 5.92 Å². The largest absolute Gasteiger partial charge is 0.432 e. The van der Waals surface area contributed by atoms with Crippen molar-refractivity contribution in [3.05, 3.63) is 36.4 Å².